The van der Waals surface area contributed by atoms with Crippen molar-refractivity contribution in [3.05, 3.63) is 66.6 Å². The topological polar surface area (TPSA) is 29.9 Å². The van der Waals surface area contributed by atoms with Gasteiger partial charge in [-0.15, -0.1) is 0 Å². The molecule has 0 saturated carbocycles. The molecule has 0 amide bonds. The molecule has 3 aromatic rings. The highest BCUT2D eigenvalue weighted by atomic mass is 15.0. The highest BCUT2D eigenvalue weighted by molar-refractivity contribution is 5.79. The van der Waals surface area contributed by atoms with Crippen molar-refractivity contribution in [1.82, 2.24) is 14.9 Å². The molecule has 0 spiro atoms. The van der Waals surface area contributed by atoms with E-state index >= 15 is 0 Å². The van der Waals surface area contributed by atoms with Gasteiger partial charge in [0, 0.05) is 43.7 Å². The Balaban J connectivity index is 1.55. The average Bonchev–Trinajstić information content (AvgIpc) is 2.88. The van der Waals surface area contributed by atoms with Crippen LogP contribution in [0.3, 0.4) is 0 Å². The standard InChI is InChI=1S/C16H17N3/c1-2-6-16-15(5-1)7-10-19(16)11-9-18-13-14-4-3-8-17-12-14/h1-8,10,12,18H,9,11,13H2. The number of hydrogen-bond donors (Lipinski definition) is 1. The number of rotatable bonds is 5. The van der Waals surface area contributed by atoms with E-state index in [4.69, 9.17) is 0 Å². The summed E-state index contributed by atoms with van der Waals surface area (Å²) in [6, 6.07) is 14.7. The Morgan fingerprint density at radius 2 is 2.00 bits per heavy atom. The van der Waals surface area contributed by atoms with Crippen LogP contribution in [0.2, 0.25) is 0 Å². The molecule has 0 bridgehead atoms. The van der Waals surface area contributed by atoms with Gasteiger partial charge in [0.15, 0.2) is 0 Å². The lowest BCUT2D eigenvalue weighted by atomic mass is 10.2. The number of nitrogens with one attached hydrogen (secondary N) is 1. The molecule has 3 heteroatoms. The summed E-state index contributed by atoms with van der Waals surface area (Å²) in [5.41, 5.74) is 2.52. The molecule has 2 aromatic heterocycles. The number of fused-ring (bicyclic) bond motifs is 1. The second kappa shape index (κ2) is 5.67. The molecule has 19 heavy (non-hydrogen) atoms. The molecule has 96 valence electrons. The fraction of sp³-hybridized carbons (Fsp3) is 0.188. The SMILES string of the molecule is c1cncc(CNCCn2ccc3ccccc32)c1. The summed E-state index contributed by atoms with van der Waals surface area (Å²) in [4.78, 5) is 4.11. The molecule has 3 nitrogen and oxygen atoms in total. The summed E-state index contributed by atoms with van der Waals surface area (Å²) < 4.78 is 2.28. The van der Waals surface area contributed by atoms with E-state index in [9.17, 15) is 0 Å². The second-order valence-electron chi connectivity index (χ2n) is 4.61. The molecule has 0 aliphatic heterocycles. The Labute approximate surface area is 112 Å². The Hall–Kier alpha value is -2.13. The van der Waals surface area contributed by atoms with Crippen molar-refractivity contribution in [1.29, 1.82) is 0 Å². The minimum Gasteiger partial charge on any atom is -0.346 e. The first-order valence-corrected chi connectivity index (χ1v) is 6.57. The third kappa shape index (κ3) is 2.83. The van der Waals surface area contributed by atoms with E-state index < -0.39 is 0 Å². The molecule has 0 radical (unpaired) electrons. The lowest BCUT2D eigenvalue weighted by Gasteiger charge is -2.07. The van der Waals surface area contributed by atoms with E-state index in [1.54, 1.807) is 6.20 Å². The van der Waals surface area contributed by atoms with Crippen molar-refractivity contribution in [2.45, 2.75) is 13.1 Å². The molecule has 0 saturated heterocycles. The molecule has 1 aromatic carbocycles. The maximum atomic E-state index is 4.11. The largest absolute Gasteiger partial charge is 0.346 e. The maximum absolute atomic E-state index is 4.11. The van der Waals surface area contributed by atoms with E-state index in [0.717, 1.165) is 19.6 Å². The Bertz CT molecular complexity index is 643. The quantitative estimate of drug-likeness (QED) is 0.707. The van der Waals surface area contributed by atoms with Gasteiger partial charge in [0.1, 0.15) is 0 Å². The fourth-order valence-corrected chi connectivity index (χ4v) is 2.27. The van der Waals surface area contributed by atoms with Crippen LogP contribution in [0.1, 0.15) is 5.56 Å². The Kier molecular flexibility index (Phi) is 3.56. The van der Waals surface area contributed by atoms with Gasteiger partial charge in [-0.1, -0.05) is 24.3 Å². The minimum atomic E-state index is 0.868. The second-order valence-corrected chi connectivity index (χ2v) is 4.61. The van der Waals surface area contributed by atoms with Crippen molar-refractivity contribution in [3.8, 4) is 0 Å². The average molecular weight is 251 g/mol. The maximum Gasteiger partial charge on any atom is 0.0480 e. The summed E-state index contributed by atoms with van der Waals surface area (Å²) in [5, 5.41) is 4.74. The predicted molar refractivity (Wildman–Crippen MR) is 77.9 cm³/mol. The molecular formula is C16H17N3. The number of para-hydroxylation sites is 1. The third-order valence-corrected chi connectivity index (χ3v) is 3.26. The van der Waals surface area contributed by atoms with Crippen molar-refractivity contribution in [3.63, 3.8) is 0 Å². The molecule has 0 atom stereocenters. The molecule has 0 unspecified atom stereocenters. The lowest BCUT2D eigenvalue weighted by Crippen LogP contribution is -2.19. The van der Waals surface area contributed by atoms with E-state index in [1.165, 1.54) is 16.5 Å². The van der Waals surface area contributed by atoms with Gasteiger partial charge >= 0.3 is 0 Å². The van der Waals surface area contributed by atoms with Gasteiger partial charge in [0.2, 0.25) is 0 Å². The van der Waals surface area contributed by atoms with Crippen LogP contribution in [0.25, 0.3) is 10.9 Å². The molecule has 0 fully saturated rings. The van der Waals surface area contributed by atoms with E-state index in [2.05, 4.69) is 57.5 Å². The van der Waals surface area contributed by atoms with Gasteiger partial charge in [-0.05, 0) is 29.1 Å². The van der Waals surface area contributed by atoms with Gasteiger partial charge in [-0.3, -0.25) is 4.98 Å². The number of pyridine rings is 1. The van der Waals surface area contributed by atoms with Gasteiger partial charge in [-0.2, -0.15) is 0 Å². The zero-order valence-electron chi connectivity index (χ0n) is 10.8. The van der Waals surface area contributed by atoms with Crippen molar-refractivity contribution in [2.24, 2.45) is 0 Å². The van der Waals surface area contributed by atoms with Crippen LogP contribution in [0.4, 0.5) is 0 Å². The molecule has 3 rings (SSSR count). The first-order chi connectivity index (χ1) is 9.43. The summed E-state index contributed by atoms with van der Waals surface area (Å²) in [7, 11) is 0. The molecule has 0 aliphatic rings. The van der Waals surface area contributed by atoms with Crippen LogP contribution in [0, 0.1) is 0 Å². The van der Waals surface area contributed by atoms with Crippen LogP contribution in [0.5, 0.6) is 0 Å². The Morgan fingerprint density at radius 3 is 2.89 bits per heavy atom. The van der Waals surface area contributed by atoms with Gasteiger partial charge in [0.05, 0.1) is 0 Å². The van der Waals surface area contributed by atoms with Crippen molar-refractivity contribution < 1.29 is 0 Å². The molecular weight excluding hydrogens is 234 g/mol. The molecule has 0 aliphatic carbocycles. The lowest BCUT2D eigenvalue weighted by molar-refractivity contribution is 0.608. The molecule has 2 heterocycles. The van der Waals surface area contributed by atoms with Crippen LogP contribution in [-0.2, 0) is 13.1 Å². The summed E-state index contributed by atoms with van der Waals surface area (Å²) in [6.45, 7) is 2.80. The van der Waals surface area contributed by atoms with Crippen LogP contribution < -0.4 is 5.32 Å². The van der Waals surface area contributed by atoms with Crippen LogP contribution >= 0.6 is 0 Å². The highest BCUT2D eigenvalue weighted by Crippen LogP contribution is 2.14. The van der Waals surface area contributed by atoms with E-state index in [-0.39, 0.29) is 0 Å². The van der Waals surface area contributed by atoms with Gasteiger partial charge in [0.25, 0.3) is 0 Å². The van der Waals surface area contributed by atoms with E-state index in [0.29, 0.717) is 0 Å². The summed E-state index contributed by atoms with van der Waals surface area (Å²) in [5.74, 6) is 0. The van der Waals surface area contributed by atoms with Gasteiger partial charge < -0.3 is 9.88 Å². The number of nitrogens with zero attached hydrogens (tertiary/aromatic N) is 2. The summed E-state index contributed by atoms with van der Waals surface area (Å²) in [6.07, 6.45) is 5.85. The number of aromatic nitrogens is 2. The normalized spacial score (nSPS) is 10.9. The molecule has 1 N–H and O–H groups in total. The number of hydrogen-bond acceptors (Lipinski definition) is 2. The fourth-order valence-electron chi connectivity index (χ4n) is 2.27. The van der Waals surface area contributed by atoms with E-state index in [1.807, 2.05) is 12.3 Å². The zero-order valence-corrected chi connectivity index (χ0v) is 10.8. The first kappa shape index (κ1) is 11.9. The van der Waals surface area contributed by atoms with Gasteiger partial charge in [-0.25, -0.2) is 0 Å². The highest BCUT2D eigenvalue weighted by Gasteiger charge is 1.99. The predicted octanol–water partition coefficient (Wildman–Crippen LogP) is 2.83. The van der Waals surface area contributed by atoms with Crippen molar-refractivity contribution >= 4 is 10.9 Å². The first-order valence-electron chi connectivity index (χ1n) is 6.57. The monoisotopic (exact) mass is 251 g/mol. The third-order valence-electron chi connectivity index (χ3n) is 3.26. The van der Waals surface area contributed by atoms with Crippen LogP contribution in [0.15, 0.2) is 61.1 Å². The van der Waals surface area contributed by atoms with Crippen LogP contribution in [-0.4, -0.2) is 16.1 Å². The Morgan fingerprint density at radius 1 is 1.05 bits per heavy atom. The zero-order chi connectivity index (χ0) is 12.9. The number of benzene rings is 1. The van der Waals surface area contributed by atoms with Crippen molar-refractivity contribution in [2.75, 3.05) is 6.54 Å². The minimum absolute atomic E-state index is 0.868. The smallest absolute Gasteiger partial charge is 0.0480 e. The summed E-state index contributed by atoms with van der Waals surface area (Å²) >= 11 is 0.